The van der Waals surface area contributed by atoms with Gasteiger partial charge in [-0.3, -0.25) is 9.80 Å². The maximum absolute atomic E-state index is 6.15. The molecule has 124 valence electrons. The zero-order valence-electron chi connectivity index (χ0n) is 13.5. The number of rotatable bonds is 4. The van der Waals surface area contributed by atoms with Gasteiger partial charge in [-0.25, -0.2) is 4.98 Å². The lowest BCUT2D eigenvalue weighted by Crippen LogP contribution is -2.32. The van der Waals surface area contributed by atoms with Crippen molar-refractivity contribution in [1.82, 2.24) is 14.8 Å². The molecule has 0 radical (unpaired) electrons. The van der Waals surface area contributed by atoms with Crippen LogP contribution >= 0.6 is 22.7 Å². The summed E-state index contributed by atoms with van der Waals surface area (Å²) in [4.78, 5) is 11.1. The number of ether oxygens (including phenoxy) is 1. The van der Waals surface area contributed by atoms with Crippen LogP contribution in [0.5, 0.6) is 0 Å². The Balaban J connectivity index is 1.36. The summed E-state index contributed by atoms with van der Waals surface area (Å²) in [7, 11) is 0. The van der Waals surface area contributed by atoms with E-state index in [1.165, 1.54) is 10.6 Å². The van der Waals surface area contributed by atoms with Gasteiger partial charge in [0.15, 0.2) is 0 Å². The van der Waals surface area contributed by atoms with Crippen molar-refractivity contribution >= 4 is 22.7 Å². The molecule has 6 heteroatoms. The molecule has 2 fully saturated rings. The number of aromatic nitrogens is 1. The highest BCUT2D eigenvalue weighted by atomic mass is 32.1. The SMILES string of the molecule is Cc1nc(CN2CCO[C@H]3CN(Cc4cccs4)C[C@H]3C2)cs1. The summed E-state index contributed by atoms with van der Waals surface area (Å²) in [5, 5.41) is 5.51. The second-order valence-electron chi connectivity index (χ2n) is 6.54. The number of hydrogen-bond acceptors (Lipinski definition) is 6. The average molecular weight is 350 g/mol. The molecule has 2 aliphatic rings. The van der Waals surface area contributed by atoms with Crippen molar-refractivity contribution in [3.05, 3.63) is 38.5 Å². The van der Waals surface area contributed by atoms with Crippen LogP contribution in [0.25, 0.3) is 0 Å². The number of thiazole rings is 1. The van der Waals surface area contributed by atoms with Gasteiger partial charge in [-0.2, -0.15) is 0 Å². The Morgan fingerprint density at radius 2 is 2.13 bits per heavy atom. The van der Waals surface area contributed by atoms with Crippen LogP contribution < -0.4 is 0 Å². The zero-order valence-corrected chi connectivity index (χ0v) is 15.1. The third kappa shape index (κ3) is 3.83. The summed E-state index contributed by atoms with van der Waals surface area (Å²) in [6, 6.07) is 4.37. The Hall–Kier alpha value is -0.790. The molecule has 0 unspecified atom stereocenters. The number of nitrogens with zero attached hydrogens (tertiary/aromatic N) is 3. The topological polar surface area (TPSA) is 28.6 Å². The van der Waals surface area contributed by atoms with Gasteiger partial charge in [0.25, 0.3) is 0 Å². The molecule has 2 aromatic heterocycles. The summed E-state index contributed by atoms with van der Waals surface area (Å²) in [6.45, 7) is 9.32. The Labute approximate surface area is 145 Å². The van der Waals surface area contributed by atoms with Crippen LogP contribution in [0.3, 0.4) is 0 Å². The van der Waals surface area contributed by atoms with E-state index in [4.69, 9.17) is 4.74 Å². The summed E-state index contributed by atoms with van der Waals surface area (Å²) in [5.74, 6) is 0.622. The van der Waals surface area contributed by atoms with Gasteiger partial charge >= 0.3 is 0 Å². The Morgan fingerprint density at radius 3 is 2.91 bits per heavy atom. The molecule has 0 spiro atoms. The van der Waals surface area contributed by atoms with Gasteiger partial charge in [-0.05, 0) is 18.4 Å². The first kappa shape index (κ1) is 15.7. The van der Waals surface area contributed by atoms with Crippen LogP contribution in [-0.4, -0.2) is 53.7 Å². The number of thiophene rings is 1. The molecular weight excluding hydrogens is 326 g/mol. The Bertz CT molecular complexity index is 628. The van der Waals surface area contributed by atoms with Crippen molar-refractivity contribution < 1.29 is 4.74 Å². The maximum Gasteiger partial charge on any atom is 0.0897 e. The average Bonchev–Trinajstić information content (AvgIpc) is 3.22. The molecular formula is C17H23N3OS2. The summed E-state index contributed by atoms with van der Waals surface area (Å²) in [6.07, 6.45) is 0.400. The normalized spacial score (nSPS) is 26.3. The second kappa shape index (κ2) is 6.99. The molecule has 2 saturated heterocycles. The molecule has 4 heterocycles. The van der Waals surface area contributed by atoms with Crippen molar-refractivity contribution in [1.29, 1.82) is 0 Å². The fourth-order valence-electron chi connectivity index (χ4n) is 3.65. The number of hydrogen-bond donors (Lipinski definition) is 0. The molecule has 4 rings (SSSR count). The highest BCUT2D eigenvalue weighted by Gasteiger charge is 2.36. The second-order valence-corrected chi connectivity index (χ2v) is 8.63. The van der Waals surface area contributed by atoms with E-state index in [1.54, 1.807) is 11.3 Å². The smallest absolute Gasteiger partial charge is 0.0897 e. The monoisotopic (exact) mass is 349 g/mol. The van der Waals surface area contributed by atoms with Gasteiger partial charge in [-0.15, -0.1) is 22.7 Å². The van der Waals surface area contributed by atoms with Gasteiger partial charge in [0.05, 0.1) is 23.4 Å². The fraction of sp³-hybridized carbons (Fsp3) is 0.588. The molecule has 0 saturated carbocycles. The zero-order chi connectivity index (χ0) is 15.6. The fourth-order valence-corrected chi connectivity index (χ4v) is 5.00. The van der Waals surface area contributed by atoms with E-state index in [0.717, 1.165) is 50.9 Å². The lowest BCUT2D eigenvalue weighted by Gasteiger charge is -2.22. The van der Waals surface area contributed by atoms with Crippen molar-refractivity contribution in [2.24, 2.45) is 5.92 Å². The standard InChI is InChI=1S/C17H23N3OS2/c1-13-18-15(12-23-13)9-19-4-5-21-17-11-20(8-14(17)7-19)10-16-3-2-6-22-16/h2-3,6,12,14,17H,4-5,7-11H2,1H3/t14-,17+/m1/s1. The molecule has 0 amide bonds. The molecule has 23 heavy (non-hydrogen) atoms. The number of fused-ring (bicyclic) bond motifs is 1. The van der Waals surface area contributed by atoms with Crippen LogP contribution in [-0.2, 0) is 17.8 Å². The first-order valence-corrected chi connectivity index (χ1v) is 10.0. The molecule has 2 aromatic rings. The van der Waals surface area contributed by atoms with E-state index >= 15 is 0 Å². The van der Waals surface area contributed by atoms with Crippen LogP contribution in [0.1, 0.15) is 15.6 Å². The first-order chi connectivity index (χ1) is 11.3. The van der Waals surface area contributed by atoms with Crippen LogP contribution in [0.4, 0.5) is 0 Å². The maximum atomic E-state index is 6.15. The van der Waals surface area contributed by atoms with Gasteiger partial charge in [-0.1, -0.05) is 6.07 Å². The van der Waals surface area contributed by atoms with E-state index in [-0.39, 0.29) is 0 Å². The van der Waals surface area contributed by atoms with Crippen LogP contribution in [0.15, 0.2) is 22.9 Å². The summed E-state index contributed by atoms with van der Waals surface area (Å²) < 4.78 is 6.15. The Kier molecular flexibility index (Phi) is 4.78. The highest BCUT2D eigenvalue weighted by Crippen LogP contribution is 2.26. The minimum Gasteiger partial charge on any atom is -0.375 e. The molecule has 2 atom stereocenters. The van der Waals surface area contributed by atoms with E-state index in [1.807, 2.05) is 11.3 Å². The first-order valence-electron chi connectivity index (χ1n) is 8.26. The summed E-state index contributed by atoms with van der Waals surface area (Å²) in [5.41, 5.74) is 1.21. The van der Waals surface area contributed by atoms with Gasteiger partial charge in [0.2, 0.25) is 0 Å². The molecule has 0 bridgehead atoms. The van der Waals surface area contributed by atoms with Crippen LogP contribution in [0.2, 0.25) is 0 Å². The molecule has 0 aliphatic carbocycles. The third-order valence-electron chi connectivity index (χ3n) is 4.70. The van der Waals surface area contributed by atoms with E-state index < -0.39 is 0 Å². The molecule has 4 nitrogen and oxygen atoms in total. The van der Waals surface area contributed by atoms with E-state index in [2.05, 4.69) is 44.6 Å². The van der Waals surface area contributed by atoms with E-state index in [0.29, 0.717) is 12.0 Å². The van der Waals surface area contributed by atoms with Gasteiger partial charge in [0, 0.05) is 55.4 Å². The van der Waals surface area contributed by atoms with Gasteiger partial charge in [0.1, 0.15) is 0 Å². The molecule has 0 N–H and O–H groups in total. The largest absolute Gasteiger partial charge is 0.375 e. The van der Waals surface area contributed by atoms with Crippen molar-refractivity contribution in [2.75, 3.05) is 32.8 Å². The van der Waals surface area contributed by atoms with Crippen LogP contribution in [0, 0.1) is 12.8 Å². The predicted molar refractivity (Wildman–Crippen MR) is 95.0 cm³/mol. The number of likely N-dealkylation sites (tertiary alicyclic amines) is 1. The van der Waals surface area contributed by atoms with Gasteiger partial charge < -0.3 is 4.74 Å². The minimum atomic E-state index is 0.400. The summed E-state index contributed by atoms with van der Waals surface area (Å²) >= 11 is 3.60. The number of aryl methyl sites for hydroxylation is 1. The lowest BCUT2D eigenvalue weighted by atomic mass is 10.1. The van der Waals surface area contributed by atoms with Crippen molar-refractivity contribution in [3.8, 4) is 0 Å². The Morgan fingerprint density at radius 1 is 1.22 bits per heavy atom. The highest BCUT2D eigenvalue weighted by molar-refractivity contribution is 7.10. The molecule has 2 aliphatic heterocycles. The van der Waals surface area contributed by atoms with Crippen molar-refractivity contribution in [3.63, 3.8) is 0 Å². The predicted octanol–water partition coefficient (Wildman–Crippen LogP) is 2.85. The van der Waals surface area contributed by atoms with Crippen molar-refractivity contribution in [2.45, 2.75) is 26.1 Å². The quantitative estimate of drug-likeness (QED) is 0.849. The minimum absolute atomic E-state index is 0.400. The molecule has 0 aromatic carbocycles. The third-order valence-corrected chi connectivity index (χ3v) is 6.38. The lowest BCUT2D eigenvalue weighted by molar-refractivity contribution is 0.0510. The van der Waals surface area contributed by atoms with E-state index in [9.17, 15) is 0 Å².